The van der Waals surface area contributed by atoms with Gasteiger partial charge in [0.05, 0.1) is 17.0 Å². The maximum atomic E-state index is 5.87. The number of nitrogens with two attached hydrogens (primary N) is 1. The molecule has 0 aliphatic rings. The van der Waals surface area contributed by atoms with Gasteiger partial charge in [0.25, 0.3) is 0 Å². The molecule has 3 heterocycles. The third kappa shape index (κ3) is 4.95. The van der Waals surface area contributed by atoms with Crippen LogP contribution in [0.15, 0.2) is 63.3 Å². The van der Waals surface area contributed by atoms with Crippen molar-refractivity contribution in [3.63, 3.8) is 0 Å². The van der Waals surface area contributed by atoms with E-state index in [4.69, 9.17) is 15.0 Å². The molecule has 0 saturated carbocycles. The normalized spacial score (nSPS) is 11.4. The van der Waals surface area contributed by atoms with Gasteiger partial charge < -0.3 is 15.0 Å². The Morgan fingerprint density at radius 2 is 2.26 bits per heavy atom. The summed E-state index contributed by atoms with van der Waals surface area (Å²) in [5, 5.41) is 5.98. The zero-order valence-corrected chi connectivity index (χ0v) is 15.6. The van der Waals surface area contributed by atoms with Gasteiger partial charge in [0.15, 0.2) is 5.76 Å². The van der Waals surface area contributed by atoms with Gasteiger partial charge in [-0.15, -0.1) is 11.8 Å². The van der Waals surface area contributed by atoms with Crippen LogP contribution in [0, 0.1) is 0 Å². The maximum Gasteiger partial charge on any atom is 0.213 e. The molecule has 0 atom stereocenters. The van der Waals surface area contributed by atoms with E-state index in [2.05, 4.69) is 26.8 Å². The lowest BCUT2D eigenvalue weighted by atomic mass is 10.1. The average molecular weight is 381 g/mol. The second-order valence-electron chi connectivity index (χ2n) is 5.59. The smallest absolute Gasteiger partial charge is 0.213 e. The zero-order valence-electron chi connectivity index (χ0n) is 14.8. The fourth-order valence-corrected chi connectivity index (χ4v) is 2.77. The van der Waals surface area contributed by atoms with Crippen molar-refractivity contribution in [2.75, 3.05) is 18.6 Å². The molecule has 3 aromatic rings. The Labute approximate surface area is 161 Å². The third-order valence-corrected chi connectivity index (χ3v) is 4.18. The summed E-state index contributed by atoms with van der Waals surface area (Å²) in [5.41, 5.74) is 9.13. The second-order valence-corrected chi connectivity index (χ2v) is 6.30. The standard InChI is InChI=1S/C19H19N5O2S/c1-21-15(12-27-2)11-25-18-6-5-13(10-23-18)8-14-9-17(26-24-14)16-4-3-7-22-19(16)20/h3-7,9-10,12H,1,8,11H2,2H3,(H2,20,22)/b15-12-. The maximum absolute atomic E-state index is 5.87. The minimum absolute atomic E-state index is 0.329. The van der Waals surface area contributed by atoms with Crippen molar-refractivity contribution in [2.45, 2.75) is 6.42 Å². The van der Waals surface area contributed by atoms with Crippen molar-refractivity contribution in [1.29, 1.82) is 0 Å². The van der Waals surface area contributed by atoms with Crippen molar-refractivity contribution >= 4 is 24.3 Å². The molecule has 3 rings (SSSR count). The monoisotopic (exact) mass is 381 g/mol. The summed E-state index contributed by atoms with van der Waals surface area (Å²) in [6.07, 6.45) is 5.93. The second kappa shape index (κ2) is 9.00. The third-order valence-electron chi connectivity index (χ3n) is 3.67. The summed E-state index contributed by atoms with van der Waals surface area (Å²) < 4.78 is 11.0. The van der Waals surface area contributed by atoms with Crippen molar-refractivity contribution in [2.24, 2.45) is 4.99 Å². The van der Waals surface area contributed by atoms with Crippen LogP contribution in [-0.4, -0.2) is 34.7 Å². The fourth-order valence-electron chi connectivity index (χ4n) is 2.36. The van der Waals surface area contributed by atoms with Crippen LogP contribution in [0.4, 0.5) is 5.82 Å². The summed E-state index contributed by atoms with van der Waals surface area (Å²) in [5.74, 6) is 1.53. The Bertz CT molecular complexity index is 937. The van der Waals surface area contributed by atoms with Gasteiger partial charge in [-0.05, 0) is 36.1 Å². The summed E-state index contributed by atoms with van der Waals surface area (Å²) in [7, 11) is 0. The molecule has 0 amide bonds. The molecule has 0 aliphatic carbocycles. The summed E-state index contributed by atoms with van der Waals surface area (Å²) in [6, 6.07) is 9.26. The number of ether oxygens (including phenoxy) is 1. The topological polar surface area (TPSA) is 99.4 Å². The first-order chi connectivity index (χ1) is 13.2. The van der Waals surface area contributed by atoms with Gasteiger partial charge in [-0.25, -0.2) is 9.97 Å². The van der Waals surface area contributed by atoms with E-state index < -0.39 is 0 Å². The van der Waals surface area contributed by atoms with Crippen LogP contribution >= 0.6 is 11.8 Å². The highest BCUT2D eigenvalue weighted by Crippen LogP contribution is 2.25. The molecule has 3 aromatic heterocycles. The van der Waals surface area contributed by atoms with E-state index >= 15 is 0 Å². The number of hydrogen-bond acceptors (Lipinski definition) is 8. The quantitative estimate of drug-likeness (QED) is 0.595. The molecule has 27 heavy (non-hydrogen) atoms. The highest BCUT2D eigenvalue weighted by Gasteiger charge is 2.11. The number of nitrogen functional groups attached to an aromatic ring is 1. The number of pyridine rings is 2. The largest absolute Gasteiger partial charge is 0.471 e. The molecule has 8 heteroatoms. The summed E-state index contributed by atoms with van der Waals surface area (Å²) >= 11 is 1.55. The number of hydrogen-bond donors (Lipinski definition) is 1. The van der Waals surface area contributed by atoms with Crippen LogP contribution in [0.1, 0.15) is 11.3 Å². The highest BCUT2D eigenvalue weighted by molar-refractivity contribution is 8.01. The number of thioether (sulfide) groups is 1. The van der Waals surface area contributed by atoms with Crippen molar-refractivity contribution in [1.82, 2.24) is 15.1 Å². The molecule has 0 unspecified atom stereocenters. The van der Waals surface area contributed by atoms with E-state index in [9.17, 15) is 0 Å². The lowest BCUT2D eigenvalue weighted by Gasteiger charge is -2.05. The average Bonchev–Trinajstić information content (AvgIpc) is 3.15. The Morgan fingerprint density at radius 1 is 1.37 bits per heavy atom. The first-order valence-corrected chi connectivity index (χ1v) is 9.41. The molecule has 0 spiro atoms. The molecule has 0 radical (unpaired) electrons. The van der Waals surface area contributed by atoms with E-state index in [1.54, 1.807) is 30.2 Å². The van der Waals surface area contributed by atoms with Crippen LogP contribution in [-0.2, 0) is 6.42 Å². The molecule has 0 fully saturated rings. The van der Waals surface area contributed by atoms with Crippen LogP contribution < -0.4 is 10.5 Å². The Balaban J connectivity index is 1.63. The lowest BCUT2D eigenvalue weighted by molar-refractivity contribution is 0.337. The Morgan fingerprint density at radius 3 is 2.96 bits per heavy atom. The molecule has 0 bridgehead atoms. The minimum Gasteiger partial charge on any atom is -0.471 e. The van der Waals surface area contributed by atoms with Gasteiger partial charge in [0.2, 0.25) is 5.88 Å². The molecule has 0 aromatic carbocycles. The first kappa shape index (κ1) is 18.7. The molecular formula is C19H19N5O2S. The number of nitrogens with zero attached hydrogens (tertiary/aromatic N) is 4. The van der Waals surface area contributed by atoms with E-state index in [0.29, 0.717) is 30.5 Å². The zero-order chi connectivity index (χ0) is 19.1. The van der Waals surface area contributed by atoms with Crippen molar-refractivity contribution in [3.8, 4) is 17.2 Å². The molecule has 2 N–H and O–H groups in total. The summed E-state index contributed by atoms with van der Waals surface area (Å²) in [4.78, 5) is 12.3. The molecule has 138 valence electrons. The molecule has 0 aliphatic heterocycles. The Hall–Kier alpha value is -3.13. The predicted octanol–water partition coefficient (Wildman–Crippen LogP) is 3.59. The van der Waals surface area contributed by atoms with E-state index in [-0.39, 0.29) is 0 Å². The van der Waals surface area contributed by atoms with E-state index in [1.165, 1.54) is 0 Å². The van der Waals surface area contributed by atoms with E-state index in [1.807, 2.05) is 35.9 Å². The predicted molar refractivity (Wildman–Crippen MR) is 108 cm³/mol. The number of anilines is 1. The van der Waals surface area contributed by atoms with Crippen LogP contribution in [0.5, 0.6) is 5.88 Å². The summed E-state index contributed by atoms with van der Waals surface area (Å²) in [6.45, 7) is 3.85. The fraction of sp³-hybridized carbons (Fsp3) is 0.158. The van der Waals surface area contributed by atoms with Gasteiger partial charge >= 0.3 is 0 Å². The SMILES string of the molecule is C=N/C(=C\SC)COc1ccc(Cc2cc(-c3cccnc3N)on2)cn1. The number of aromatic nitrogens is 3. The van der Waals surface area contributed by atoms with Gasteiger partial charge in [-0.2, -0.15) is 0 Å². The van der Waals surface area contributed by atoms with Gasteiger partial charge in [-0.1, -0.05) is 11.2 Å². The minimum atomic E-state index is 0.329. The first-order valence-electron chi connectivity index (χ1n) is 8.12. The molecule has 7 nitrogen and oxygen atoms in total. The molecular weight excluding hydrogens is 362 g/mol. The number of aliphatic imine (C=N–C) groups is 1. The highest BCUT2D eigenvalue weighted by atomic mass is 32.2. The Kier molecular flexibility index (Phi) is 6.22. The molecule has 0 saturated heterocycles. The van der Waals surface area contributed by atoms with Gasteiger partial charge in [0, 0.05) is 30.9 Å². The van der Waals surface area contributed by atoms with Gasteiger partial charge in [-0.3, -0.25) is 4.99 Å². The van der Waals surface area contributed by atoms with Crippen LogP contribution in [0.25, 0.3) is 11.3 Å². The number of rotatable bonds is 8. The van der Waals surface area contributed by atoms with Crippen molar-refractivity contribution in [3.05, 3.63) is 65.1 Å². The van der Waals surface area contributed by atoms with E-state index in [0.717, 1.165) is 22.5 Å². The van der Waals surface area contributed by atoms with Crippen LogP contribution in [0.3, 0.4) is 0 Å². The van der Waals surface area contributed by atoms with Gasteiger partial charge in [0.1, 0.15) is 12.4 Å². The van der Waals surface area contributed by atoms with Crippen LogP contribution in [0.2, 0.25) is 0 Å². The van der Waals surface area contributed by atoms with Crippen molar-refractivity contribution < 1.29 is 9.26 Å². The lowest BCUT2D eigenvalue weighted by Crippen LogP contribution is -2.01.